The number of nitrogens with two attached hydrogens (primary N) is 1. The summed E-state index contributed by atoms with van der Waals surface area (Å²) in [5.74, 6) is -2.48. The molecule has 0 heterocycles. The number of amides is 4. The molecular weight excluding hydrogens is 487 g/mol. The number of halogens is 1. The van der Waals surface area contributed by atoms with Crippen molar-refractivity contribution in [2.75, 3.05) is 11.9 Å². The van der Waals surface area contributed by atoms with Gasteiger partial charge in [0.2, 0.25) is 5.91 Å². The van der Waals surface area contributed by atoms with E-state index < -0.39 is 45.3 Å². The third kappa shape index (κ3) is 6.25. The molecule has 0 saturated carbocycles. The van der Waals surface area contributed by atoms with Crippen molar-refractivity contribution in [1.29, 1.82) is 0 Å². The third-order valence-corrected chi connectivity index (χ3v) is 6.92. The van der Waals surface area contributed by atoms with E-state index in [1.54, 1.807) is 49.4 Å². The van der Waals surface area contributed by atoms with Gasteiger partial charge in [0.15, 0.2) is 0 Å². The number of hydrogen-bond donors (Lipinski definition) is 3. The van der Waals surface area contributed by atoms with Gasteiger partial charge in [0.05, 0.1) is 10.5 Å². The lowest BCUT2D eigenvalue weighted by molar-refractivity contribution is -0.120. The van der Waals surface area contributed by atoms with Gasteiger partial charge >= 0.3 is 6.03 Å². The number of benzene rings is 3. The Kier molecular flexibility index (Phi) is 8.05. The molecule has 0 unspecified atom stereocenters. The predicted octanol–water partition coefficient (Wildman–Crippen LogP) is 2.50. The molecule has 0 aliphatic rings. The summed E-state index contributed by atoms with van der Waals surface area (Å²) in [7, 11) is -2.83. The Morgan fingerprint density at radius 1 is 1.00 bits per heavy atom. The molecule has 0 aliphatic heterocycles. The zero-order chi connectivity index (χ0) is 26.5. The van der Waals surface area contributed by atoms with Crippen LogP contribution in [0.1, 0.15) is 21.5 Å². The molecule has 4 amide bonds. The van der Waals surface area contributed by atoms with Crippen LogP contribution in [-0.4, -0.2) is 39.4 Å². The first kappa shape index (κ1) is 26.4. The maximum absolute atomic E-state index is 13.9. The number of hydrogen-bond acceptors (Lipinski definition) is 5. The molecule has 1 atom stereocenters. The number of anilines is 1. The molecule has 0 fully saturated rings. The summed E-state index contributed by atoms with van der Waals surface area (Å²) < 4.78 is 41.3. The monoisotopic (exact) mass is 512 g/mol. The number of rotatable bonds is 8. The van der Waals surface area contributed by atoms with Gasteiger partial charge in [-0.3, -0.25) is 9.59 Å². The Labute approximate surface area is 208 Å². The van der Waals surface area contributed by atoms with Crippen molar-refractivity contribution in [3.8, 4) is 0 Å². The van der Waals surface area contributed by atoms with Gasteiger partial charge in [0, 0.05) is 19.2 Å². The number of nitrogens with zero attached hydrogens (tertiary/aromatic N) is 1. The number of aryl methyl sites for hydroxylation is 1. The first-order valence-corrected chi connectivity index (χ1v) is 12.3. The summed E-state index contributed by atoms with van der Waals surface area (Å²) in [6, 6.07) is 16.0. The number of primary amides is 1. The van der Waals surface area contributed by atoms with Crippen LogP contribution in [0.15, 0.2) is 77.7 Å². The normalized spacial score (nSPS) is 11.9. The first-order valence-electron chi connectivity index (χ1n) is 10.8. The van der Waals surface area contributed by atoms with Gasteiger partial charge in [-0.2, -0.15) is 0 Å². The molecule has 3 aromatic carbocycles. The Hall–Kier alpha value is -4.25. The second-order valence-electron chi connectivity index (χ2n) is 8.01. The van der Waals surface area contributed by atoms with Crippen molar-refractivity contribution in [2.45, 2.75) is 24.3 Å². The fourth-order valence-corrected chi connectivity index (χ4v) is 4.71. The minimum Gasteiger partial charge on any atom is -0.366 e. The van der Waals surface area contributed by atoms with Crippen LogP contribution < -0.4 is 20.7 Å². The predicted molar refractivity (Wildman–Crippen MR) is 132 cm³/mol. The number of carbonyl (C=O) groups excluding carboxylic acids is 3. The standard InChI is InChI=1S/C25H25FN4O5S/c1-16-8-6-7-11-22(16)36(34,35)29-25(33)28-21(14-17-9-4-3-5-10-17)24(32)30(2)18-12-13-20(26)19(15-18)23(27)31/h3-13,15,21H,14H2,1-2H3,(H2,27,31)(H2,28,29,33)/t21-/m0/s1. The molecule has 36 heavy (non-hydrogen) atoms. The number of sulfonamides is 1. The van der Waals surface area contributed by atoms with Gasteiger partial charge in [-0.1, -0.05) is 48.5 Å². The second-order valence-corrected chi connectivity index (χ2v) is 9.66. The maximum Gasteiger partial charge on any atom is 0.329 e. The van der Waals surface area contributed by atoms with Gasteiger partial charge in [-0.15, -0.1) is 0 Å². The van der Waals surface area contributed by atoms with E-state index >= 15 is 0 Å². The van der Waals surface area contributed by atoms with Crippen molar-refractivity contribution in [3.63, 3.8) is 0 Å². The molecule has 0 aromatic heterocycles. The van der Waals surface area contributed by atoms with Crippen LogP contribution in [-0.2, 0) is 21.2 Å². The summed E-state index contributed by atoms with van der Waals surface area (Å²) in [6.45, 7) is 1.59. The average Bonchev–Trinajstić information content (AvgIpc) is 2.83. The van der Waals surface area contributed by atoms with Crippen LogP contribution in [0.25, 0.3) is 0 Å². The minimum atomic E-state index is -4.21. The van der Waals surface area contributed by atoms with E-state index in [1.165, 1.54) is 25.2 Å². The molecule has 0 aliphatic carbocycles. The fourth-order valence-electron chi connectivity index (χ4n) is 3.54. The Bertz CT molecular complexity index is 1400. The lowest BCUT2D eigenvalue weighted by Gasteiger charge is -2.25. The lowest BCUT2D eigenvalue weighted by Crippen LogP contribution is -2.52. The number of likely N-dealkylation sites (N-methyl/N-ethyl adjacent to an activating group) is 1. The van der Waals surface area contributed by atoms with Crippen LogP contribution in [0.4, 0.5) is 14.9 Å². The van der Waals surface area contributed by atoms with Crippen molar-refractivity contribution >= 4 is 33.6 Å². The zero-order valence-corrected chi connectivity index (χ0v) is 20.4. The highest BCUT2D eigenvalue weighted by atomic mass is 32.2. The largest absolute Gasteiger partial charge is 0.366 e. The topological polar surface area (TPSA) is 139 Å². The maximum atomic E-state index is 13.9. The van der Waals surface area contributed by atoms with Gasteiger partial charge in [0.25, 0.3) is 15.9 Å². The molecule has 0 bridgehead atoms. The quantitative estimate of drug-likeness (QED) is 0.426. The van der Waals surface area contributed by atoms with Crippen LogP contribution in [0.2, 0.25) is 0 Å². The summed E-state index contributed by atoms with van der Waals surface area (Å²) in [5.41, 5.74) is 6.09. The number of nitrogens with one attached hydrogen (secondary N) is 2. The van der Waals surface area contributed by atoms with Crippen LogP contribution in [0, 0.1) is 12.7 Å². The summed E-state index contributed by atoms with van der Waals surface area (Å²) in [5, 5.41) is 2.42. The highest BCUT2D eigenvalue weighted by Crippen LogP contribution is 2.20. The summed E-state index contributed by atoms with van der Waals surface area (Å²) in [4.78, 5) is 38.6. The van der Waals surface area contributed by atoms with Gasteiger partial charge in [-0.05, 0) is 42.3 Å². The molecule has 4 N–H and O–H groups in total. The highest BCUT2D eigenvalue weighted by Gasteiger charge is 2.28. The molecule has 3 rings (SSSR count). The Morgan fingerprint density at radius 3 is 2.28 bits per heavy atom. The van der Waals surface area contributed by atoms with E-state index in [2.05, 4.69) is 5.32 Å². The molecule has 0 radical (unpaired) electrons. The van der Waals surface area contributed by atoms with Crippen LogP contribution in [0.3, 0.4) is 0 Å². The van der Waals surface area contributed by atoms with Crippen molar-refractivity contribution < 1.29 is 27.2 Å². The van der Waals surface area contributed by atoms with Crippen LogP contribution in [0.5, 0.6) is 0 Å². The first-order chi connectivity index (χ1) is 17.0. The lowest BCUT2D eigenvalue weighted by atomic mass is 10.0. The molecular formula is C25H25FN4O5S. The summed E-state index contributed by atoms with van der Waals surface area (Å²) >= 11 is 0. The molecule has 9 nitrogen and oxygen atoms in total. The Balaban J connectivity index is 1.87. The SMILES string of the molecule is Cc1ccccc1S(=O)(=O)NC(=O)N[C@@H](Cc1ccccc1)C(=O)N(C)c1ccc(F)c(C(N)=O)c1. The second kappa shape index (κ2) is 11.0. The van der Waals surface area contributed by atoms with Gasteiger partial charge < -0.3 is 16.0 Å². The molecule has 11 heteroatoms. The van der Waals surface area contributed by atoms with Crippen molar-refractivity contribution in [2.24, 2.45) is 5.73 Å². The smallest absolute Gasteiger partial charge is 0.329 e. The van der Waals surface area contributed by atoms with E-state index in [4.69, 9.17) is 5.73 Å². The van der Waals surface area contributed by atoms with Crippen LogP contribution >= 0.6 is 0 Å². The number of carbonyl (C=O) groups is 3. The van der Waals surface area contributed by atoms with E-state index in [9.17, 15) is 27.2 Å². The number of urea groups is 1. The molecule has 3 aromatic rings. The van der Waals surface area contributed by atoms with Gasteiger partial charge in [-0.25, -0.2) is 22.3 Å². The fraction of sp³-hybridized carbons (Fsp3) is 0.160. The van der Waals surface area contributed by atoms with Gasteiger partial charge in [0.1, 0.15) is 11.9 Å². The third-order valence-electron chi connectivity index (χ3n) is 5.43. The van der Waals surface area contributed by atoms with E-state index in [0.717, 1.165) is 17.0 Å². The average molecular weight is 513 g/mol. The van der Waals surface area contributed by atoms with E-state index in [1.807, 2.05) is 4.72 Å². The zero-order valence-electron chi connectivity index (χ0n) is 19.6. The van der Waals surface area contributed by atoms with E-state index in [0.29, 0.717) is 11.1 Å². The minimum absolute atomic E-state index is 0.0334. The molecule has 188 valence electrons. The van der Waals surface area contributed by atoms with E-state index in [-0.39, 0.29) is 17.0 Å². The molecule has 0 saturated heterocycles. The molecule has 0 spiro atoms. The summed E-state index contributed by atoms with van der Waals surface area (Å²) in [6.07, 6.45) is 0.0334. The Morgan fingerprint density at radius 2 is 1.64 bits per heavy atom. The highest BCUT2D eigenvalue weighted by molar-refractivity contribution is 7.90. The van der Waals surface area contributed by atoms with Crippen molar-refractivity contribution in [1.82, 2.24) is 10.0 Å². The van der Waals surface area contributed by atoms with Crippen molar-refractivity contribution in [3.05, 3.63) is 95.3 Å².